The Hall–Kier alpha value is -2.30. The molecule has 102 valence electrons. The van der Waals surface area contributed by atoms with Gasteiger partial charge >= 0.3 is 12.0 Å². The molecule has 1 aromatic carbocycles. The molecule has 0 bridgehead atoms. The van der Waals surface area contributed by atoms with Crippen LogP contribution >= 0.6 is 0 Å². The second-order valence-electron chi connectivity index (χ2n) is 4.04. The smallest absolute Gasteiger partial charge is 0.333 e. The van der Waals surface area contributed by atoms with Crippen molar-refractivity contribution in [2.75, 3.05) is 25.1 Å². The van der Waals surface area contributed by atoms with Gasteiger partial charge in [-0.05, 0) is 19.1 Å². The first kappa shape index (κ1) is 14.8. The first-order chi connectivity index (χ1) is 9.02. The van der Waals surface area contributed by atoms with Crippen LogP contribution in [0.5, 0.6) is 0 Å². The van der Waals surface area contributed by atoms with Gasteiger partial charge in [0.2, 0.25) is 0 Å². The van der Waals surface area contributed by atoms with Crippen LogP contribution in [0.4, 0.5) is 10.5 Å². The monoisotopic (exact) mass is 262 g/mol. The number of urea groups is 1. The minimum atomic E-state index is -0.453. The molecule has 1 aromatic rings. The summed E-state index contributed by atoms with van der Waals surface area (Å²) in [6.45, 7) is 5.42. The fourth-order valence-corrected chi connectivity index (χ4v) is 1.31. The van der Waals surface area contributed by atoms with Crippen LogP contribution in [-0.2, 0) is 9.53 Å². The molecule has 2 amide bonds. The number of hydrogen-bond acceptors (Lipinski definition) is 3. The zero-order valence-corrected chi connectivity index (χ0v) is 11.2. The summed E-state index contributed by atoms with van der Waals surface area (Å²) in [6, 6.07) is 9.01. The highest BCUT2D eigenvalue weighted by atomic mass is 16.5. The van der Waals surface area contributed by atoms with Crippen LogP contribution in [0.1, 0.15) is 6.92 Å². The summed E-state index contributed by atoms with van der Waals surface area (Å²) in [7, 11) is 1.67. The molecule has 0 aromatic heterocycles. The Bertz CT molecular complexity index is 457. The third kappa shape index (κ3) is 4.83. The predicted octanol–water partition coefficient (Wildman–Crippen LogP) is 1.95. The number of esters is 1. The van der Waals surface area contributed by atoms with Gasteiger partial charge < -0.3 is 10.1 Å². The van der Waals surface area contributed by atoms with Crippen molar-refractivity contribution in [3.8, 4) is 0 Å². The van der Waals surface area contributed by atoms with Gasteiger partial charge in [-0.15, -0.1) is 0 Å². The van der Waals surface area contributed by atoms with Crippen molar-refractivity contribution in [3.63, 3.8) is 0 Å². The third-order valence-electron chi connectivity index (χ3n) is 2.41. The molecule has 5 nitrogen and oxygen atoms in total. The van der Waals surface area contributed by atoms with E-state index in [1.807, 2.05) is 30.3 Å². The number of rotatable bonds is 5. The van der Waals surface area contributed by atoms with Crippen LogP contribution in [-0.4, -0.2) is 32.2 Å². The number of amides is 2. The topological polar surface area (TPSA) is 58.6 Å². The van der Waals surface area contributed by atoms with Gasteiger partial charge in [0.05, 0.1) is 6.54 Å². The lowest BCUT2D eigenvalue weighted by molar-refractivity contribution is -0.138. The molecule has 0 fully saturated rings. The van der Waals surface area contributed by atoms with Crippen LogP contribution in [0.3, 0.4) is 0 Å². The second-order valence-corrected chi connectivity index (χ2v) is 4.04. The Morgan fingerprint density at radius 3 is 2.53 bits per heavy atom. The zero-order valence-electron chi connectivity index (χ0n) is 11.2. The largest absolute Gasteiger partial charge is 0.460 e. The summed E-state index contributed by atoms with van der Waals surface area (Å²) in [6.07, 6.45) is 0. The molecule has 0 atom stereocenters. The van der Waals surface area contributed by atoms with Gasteiger partial charge in [0.15, 0.2) is 0 Å². The fourth-order valence-electron chi connectivity index (χ4n) is 1.31. The Labute approximate surface area is 112 Å². The first-order valence-corrected chi connectivity index (χ1v) is 5.91. The summed E-state index contributed by atoms with van der Waals surface area (Å²) in [4.78, 5) is 24.4. The fraction of sp³-hybridized carbons (Fsp3) is 0.286. The maximum absolute atomic E-state index is 11.8. The number of hydrogen-bond donors (Lipinski definition) is 1. The Balaban J connectivity index is 2.32. The lowest BCUT2D eigenvalue weighted by Gasteiger charge is -2.17. The maximum Gasteiger partial charge on any atom is 0.333 e. The number of nitrogens with zero attached hydrogens (tertiary/aromatic N) is 1. The number of carbonyl (C=O) groups is 2. The van der Waals surface area contributed by atoms with Gasteiger partial charge in [-0.25, -0.2) is 9.59 Å². The van der Waals surface area contributed by atoms with Crippen LogP contribution in [0.25, 0.3) is 0 Å². The van der Waals surface area contributed by atoms with E-state index in [1.54, 1.807) is 14.0 Å². The van der Waals surface area contributed by atoms with Gasteiger partial charge in [0.1, 0.15) is 6.61 Å². The molecule has 0 aliphatic carbocycles. The van der Waals surface area contributed by atoms with Gasteiger partial charge in [0.25, 0.3) is 0 Å². The molecule has 0 spiro atoms. The van der Waals surface area contributed by atoms with E-state index in [4.69, 9.17) is 4.74 Å². The average Bonchev–Trinajstić information content (AvgIpc) is 2.43. The quantitative estimate of drug-likeness (QED) is 0.501. The first-order valence-electron chi connectivity index (χ1n) is 5.91. The van der Waals surface area contributed by atoms with Gasteiger partial charge in [-0.3, -0.25) is 4.90 Å². The molecule has 0 heterocycles. The van der Waals surface area contributed by atoms with Crippen molar-refractivity contribution < 1.29 is 14.3 Å². The highest BCUT2D eigenvalue weighted by Crippen LogP contribution is 2.10. The molecular weight excluding hydrogens is 244 g/mol. The second kappa shape index (κ2) is 7.20. The maximum atomic E-state index is 11.8. The normalized spacial score (nSPS) is 9.58. The summed E-state index contributed by atoms with van der Waals surface area (Å²) in [5.41, 5.74) is 1.13. The van der Waals surface area contributed by atoms with Gasteiger partial charge in [-0.2, -0.15) is 0 Å². The number of para-hydroxylation sites is 1. The minimum absolute atomic E-state index is 0.125. The van der Waals surface area contributed by atoms with Gasteiger partial charge in [-0.1, -0.05) is 24.8 Å². The predicted molar refractivity (Wildman–Crippen MR) is 74.0 cm³/mol. The molecule has 0 saturated carbocycles. The van der Waals surface area contributed by atoms with E-state index < -0.39 is 5.97 Å². The van der Waals surface area contributed by atoms with Gasteiger partial charge in [0, 0.05) is 18.3 Å². The number of ether oxygens (including phenoxy) is 1. The highest BCUT2D eigenvalue weighted by molar-refractivity contribution is 5.91. The van der Waals surface area contributed by atoms with Crippen molar-refractivity contribution in [2.24, 2.45) is 0 Å². The molecule has 0 unspecified atom stereocenters. The number of benzene rings is 1. The molecule has 0 aliphatic heterocycles. The molecule has 1 rings (SSSR count). The molecule has 0 radical (unpaired) electrons. The average molecular weight is 262 g/mol. The minimum Gasteiger partial charge on any atom is -0.460 e. The molecule has 1 N–H and O–H groups in total. The number of nitrogens with one attached hydrogen (secondary N) is 1. The molecular formula is C14H18N2O3. The summed E-state index contributed by atoms with van der Waals surface area (Å²) < 4.78 is 4.87. The van der Waals surface area contributed by atoms with Crippen LogP contribution in [0.2, 0.25) is 0 Å². The Morgan fingerprint density at radius 2 is 1.95 bits per heavy atom. The summed E-state index contributed by atoms with van der Waals surface area (Å²) in [5, 5.41) is 2.66. The van der Waals surface area contributed by atoms with E-state index in [1.165, 1.54) is 4.90 Å². The van der Waals surface area contributed by atoms with Crippen molar-refractivity contribution in [3.05, 3.63) is 42.5 Å². The highest BCUT2D eigenvalue weighted by Gasteiger charge is 2.09. The van der Waals surface area contributed by atoms with E-state index in [-0.39, 0.29) is 19.2 Å². The Kier molecular flexibility index (Phi) is 5.60. The van der Waals surface area contributed by atoms with E-state index in [0.29, 0.717) is 5.57 Å². The van der Waals surface area contributed by atoms with Crippen LogP contribution in [0.15, 0.2) is 42.5 Å². The molecule has 0 aliphatic rings. The zero-order chi connectivity index (χ0) is 14.3. The molecule has 5 heteroatoms. The van der Waals surface area contributed by atoms with E-state index in [0.717, 1.165) is 5.69 Å². The summed E-state index contributed by atoms with van der Waals surface area (Å²) in [5.74, 6) is -0.453. The van der Waals surface area contributed by atoms with E-state index in [2.05, 4.69) is 11.9 Å². The summed E-state index contributed by atoms with van der Waals surface area (Å²) >= 11 is 0. The SMILES string of the molecule is C=C(C)C(=O)OCCNC(=O)N(C)c1ccccc1. The van der Waals surface area contributed by atoms with Crippen molar-refractivity contribution >= 4 is 17.7 Å². The van der Waals surface area contributed by atoms with E-state index >= 15 is 0 Å². The lowest BCUT2D eigenvalue weighted by atomic mass is 10.3. The van der Waals surface area contributed by atoms with E-state index in [9.17, 15) is 9.59 Å². The standard InChI is InChI=1S/C14H18N2O3/c1-11(2)13(17)19-10-9-15-14(18)16(3)12-7-5-4-6-8-12/h4-8H,1,9-10H2,2-3H3,(H,15,18). The number of anilines is 1. The molecule has 19 heavy (non-hydrogen) atoms. The van der Waals surface area contributed by atoms with Crippen molar-refractivity contribution in [1.82, 2.24) is 5.32 Å². The molecule has 0 saturated heterocycles. The lowest BCUT2D eigenvalue weighted by Crippen LogP contribution is -2.39. The third-order valence-corrected chi connectivity index (χ3v) is 2.41. The Morgan fingerprint density at radius 1 is 1.32 bits per heavy atom. The number of carbonyl (C=O) groups excluding carboxylic acids is 2. The van der Waals surface area contributed by atoms with Crippen LogP contribution < -0.4 is 10.2 Å². The van der Waals surface area contributed by atoms with Crippen molar-refractivity contribution in [2.45, 2.75) is 6.92 Å². The van der Waals surface area contributed by atoms with Crippen molar-refractivity contribution in [1.29, 1.82) is 0 Å². The van der Waals surface area contributed by atoms with Crippen LogP contribution in [0, 0.1) is 0 Å².